The zero-order chi connectivity index (χ0) is 14.6. The summed E-state index contributed by atoms with van der Waals surface area (Å²) in [6.07, 6.45) is 4.77. The first-order valence-electron chi connectivity index (χ1n) is 7.06. The molecular weight excluding hydrogens is 264 g/mol. The van der Waals surface area contributed by atoms with Gasteiger partial charge < -0.3 is 4.90 Å². The van der Waals surface area contributed by atoms with Crippen LogP contribution < -0.4 is 5.32 Å². The Bertz CT molecular complexity index is 408. The highest BCUT2D eigenvalue weighted by molar-refractivity contribution is 7.90. The zero-order valence-corrected chi connectivity index (χ0v) is 13.2. The molecule has 0 aromatic rings. The normalized spacial score (nSPS) is 25.9. The molecule has 3 atom stereocenters. The second-order valence-corrected chi connectivity index (χ2v) is 7.68. The molecule has 0 radical (unpaired) electrons. The van der Waals surface area contributed by atoms with Gasteiger partial charge in [-0.1, -0.05) is 26.7 Å². The van der Waals surface area contributed by atoms with Crippen molar-refractivity contribution in [1.29, 1.82) is 0 Å². The van der Waals surface area contributed by atoms with Crippen LogP contribution in [0.25, 0.3) is 0 Å². The van der Waals surface area contributed by atoms with Crippen LogP contribution in [0.1, 0.15) is 46.5 Å². The largest absolute Gasteiger partial charge is 0.322 e. The summed E-state index contributed by atoms with van der Waals surface area (Å²) in [5.41, 5.74) is 0. The maximum absolute atomic E-state index is 12.4. The molecule has 1 heterocycles. The molecule has 5 nitrogen and oxygen atoms in total. The minimum atomic E-state index is -3.07. The van der Waals surface area contributed by atoms with Gasteiger partial charge >= 0.3 is 0 Å². The summed E-state index contributed by atoms with van der Waals surface area (Å²) in [7, 11) is -3.07. The van der Waals surface area contributed by atoms with Crippen LogP contribution in [-0.4, -0.2) is 49.5 Å². The lowest BCUT2D eigenvalue weighted by atomic mass is 10.1. The van der Waals surface area contributed by atoms with Gasteiger partial charge in [-0.05, 0) is 19.8 Å². The number of nitrogens with zero attached hydrogens (tertiary/aromatic N) is 1. The van der Waals surface area contributed by atoms with E-state index in [1.165, 1.54) is 6.26 Å². The zero-order valence-electron chi connectivity index (χ0n) is 12.3. The molecule has 1 fully saturated rings. The Morgan fingerprint density at radius 1 is 1.26 bits per heavy atom. The third-order valence-corrected chi connectivity index (χ3v) is 4.53. The van der Waals surface area contributed by atoms with Crippen molar-refractivity contribution < 1.29 is 13.2 Å². The van der Waals surface area contributed by atoms with Gasteiger partial charge in [0.05, 0.1) is 18.0 Å². The molecule has 112 valence electrons. The number of carbonyl (C=O) groups excluding carboxylic acids is 1. The van der Waals surface area contributed by atoms with Gasteiger partial charge in [0.25, 0.3) is 0 Å². The Balaban J connectivity index is 2.84. The fraction of sp³-hybridized carbons (Fsp3) is 0.923. The standard InChI is InChI=1S/C13H26N2O3S/c1-5-7-11-13(16)15(12(14-11)8-6-2)10(3)9-19(4,17)18/h10-12,14H,5-9H2,1-4H3. The molecule has 0 aromatic carbocycles. The number of sulfone groups is 1. The van der Waals surface area contributed by atoms with Crippen LogP contribution in [0.15, 0.2) is 0 Å². The lowest BCUT2D eigenvalue weighted by Crippen LogP contribution is -2.46. The molecule has 1 rings (SSSR count). The lowest BCUT2D eigenvalue weighted by Gasteiger charge is -2.29. The van der Waals surface area contributed by atoms with E-state index in [9.17, 15) is 13.2 Å². The molecule has 0 saturated carbocycles. The minimum absolute atomic E-state index is 0.0224. The Morgan fingerprint density at radius 2 is 1.84 bits per heavy atom. The molecule has 0 bridgehead atoms. The molecule has 6 heteroatoms. The van der Waals surface area contributed by atoms with Crippen molar-refractivity contribution in [2.24, 2.45) is 0 Å². The van der Waals surface area contributed by atoms with Crippen molar-refractivity contribution >= 4 is 15.7 Å². The highest BCUT2D eigenvalue weighted by Gasteiger charge is 2.40. The Labute approximate surface area is 116 Å². The van der Waals surface area contributed by atoms with Crippen molar-refractivity contribution in [2.45, 2.75) is 64.7 Å². The SMILES string of the molecule is CCCC1NC(CCC)N(C(C)CS(C)(=O)=O)C1=O. The van der Waals surface area contributed by atoms with Crippen LogP contribution in [0.5, 0.6) is 0 Å². The van der Waals surface area contributed by atoms with Gasteiger partial charge in [0.15, 0.2) is 0 Å². The molecule has 0 aliphatic carbocycles. The van der Waals surface area contributed by atoms with Crippen molar-refractivity contribution in [3.05, 3.63) is 0 Å². The average Bonchev–Trinajstić information content (AvgIpc) is 2.54. The first-order valence-corrected chi connectivity index (χ1v) is 9.12. The van der Waals surface area contributed by atoms with Gasteiger partial charge in [0.2, 0.25) is 5.91 Å². The van der Waals surface area contributed by atoms with E-state index in [-0.39, 0.29) is 29.9 Å². The summed E-state index contributed by atoms with van der Waals surface area (Å²) in [5, 5.41) is 3.34. The number of hydrogen-bond donors (Lipinski definition) is 1. The molecular formula is C13H26N2O3S. The number of amides is 1. The maximum Gasteiger partial charge on any atom is 0.241 e. The smallest absolute Gasteiger partial charge is 0.241 e. The molecule has 1 aliphatic heterocycles. The summed E-state index contributed by atoms with van der Waals surface area (Å²) in [6, 6.07) is -0.419. The summed E-state index contributed by atoms with van der Waals surface area (Å²) < 4.78 is 22.8. The highest BCUT2D eigenvalue weighted by atomic mass is 32.2. The number of carbonyl (C=O) groups is 1. The van der Waals surface area contributed by atoms with Crippen molar-refractivity contribution in [3.63, 3.8) is 0 Å². The van der Waals surface area contributed by atoms with Gasteiger partial charge in [-0.3, -0.25) is 10.1 Å². The van der Waals surface area contributed by atoms with E-state index in [1.807, 2.05) is 13.8 Å². The molecule has 3 unspecified atom stereocenters. The van der Waals surface area contributed by atoms with Gasteiger partial charge in [-0.25, -0.2) is 8.42 Å². The van der Waals surface area contributed by atoms with E-state index < -0.39 is 9.84 Å². The van der Waals surface area contributed by atoms with Gasteiger partial charge in [-0.2, -0.15) is 0 Å². The molecule has 0 spiro atoms. The van der Waals surface area contributed by atoms with E-state index in [4.69, 9.17) is 0 Å². The fourth-order valence-electron chi connectivity index (χ4n) is 2.75. The van der Waals surface area contributed by atoms with E-state index in [2.05, 4.69) is 12.2 Å². The van der Waals surface area contributed by atoms with Crippen LogP contribution in [0.4, 0.5) is 0 Å². The highest BCUT2D eigenvalue weighted by Crippen LogP contribution is 2.21. The quantitative estimate of drug-likeness (QED) is 0.764. The van der Waals surface area contributed by atoms with Crippen LogP contribution in [0.3, 0.4) is 0 Å². The topological polar surface area (TPSA) is 66.5 Å². The Morgan fingerprint density at radius 3 is 2.32 bits per heavy atom. The summed E-state index contributed by atoms with van der Waals surface area (Å²) in [6.45, 7) is 5.93. The molecule has 1 saturated heterocycles. The van der Waals surface area contributed by atoms with Crippen molar-refractivity contribution in [3.8, 4) is 0 Å². The third kappa shape index (κ3) is 4.45. The Kier molecular flexibility index (Phi) is 5.80. The Hall–Kier alpha value is -0.620. The third-order valence-electron chi connectivity index (χ3n) is 3.44. The molecule has 1 aliphatic rings. The summed E-state index contributed by atoms with van der Waals surface area (Å²) in [4.78, 5) is 14.1. The summed E-state index contributed by atoms with van der Waals surface area (Å²) >= 11 is 0. The predicted molar refractivity (Wildman–Crippen MR) is 76.5 cm³/mol. The molecule has 0 aromatic heterocycles. The number of nitrogens with one attached hydrogen (secondary N) is 1. The first-order chi connectivity index (χ1) is 8.80. The summed E-state index contributed by atoms with van der Waals surface area (Å²) in [5.74, 6) is 0.0795. The molecule has 1 amide bonds. The van der Waals surface area contributed by atoms with Crippen molar-refractivity contribution in [2.75, 3.05) is 12.0 Å². The minimum Gasteiger partial charge on any atom is -0.322 e. The monoisotopic (exact) mass is 290 g/mol. The second kappa shape index (κ2) is 6.70. The van der Waals surface area contributed by atoms with Gasteiger partial charge in [0.1, 0.15) is 9.84 Å². The van der Waals surface area contributed by atoms with Crippen LogP contribution >= 0.6 is 0 Å². The molecule has 1 N–H and O–H groups in total. The van der Waals surface area contributed by atoms with E-state index in [0.29, 0.717) is 0 Å². The van der Waals surface area contributed by atoms with Crippen molar-refractivity contribution in [1.82, 2.24) is 10.2 Å². The van der Waals surface area contributed by atoms with Crippen LogP contribution in [0, 0.1) is 0 Å². The number of rotatable bonds is 7. The van der Waals surface area contributed by atoms with Gasteiger partial charge in [0, 0.05) is 12.3 Å². The van der Waals surface area contributed by atoms with E-state index in [1.54, 1.807) is 4.90 Å². The maximum atomic E-state index is 12.4. The van der Waals surface area contributed by atoms with E-state index in [0.717, 1.165) is 25.7 Å². The average molecular weight is 290 g/mol. The van der Waals surface area contributed by atoms with Gasteiger partial charge in [-0.15, -0.1) is 0 Å². The lowest BCUT2D eigenvalue weighted by molar-refractivity contribution is -0.131. The predicted octanol–water partition coefficient (Wildman–Crippen LogP) is 1.15. The fourth-order valence-corrected chi connectivity index (χ4v) is 3.79. The van der Waals surface area contributed by atoms with E-state index >= 15 is 0 Å². The van der Waals surface area contributed by atoms with Crippen LogP contribution in [-0.2, 0) is 14.6 Å². The van der Waals surface area contributed by atoms with Crippen LogP contribution in [0.2, 0.25) is 0 Å². The number of hydrogen-bond acceptors (Lipinski definition) is 4. The molecule has 19 heavy (non-hydrogen) atoms. The first kappa shape index (κ1) is 16.4. The second-order valence-electron chi connectivity index (χ2n) is 5.50.